The number of amides is 2. The Hall–Kier alpha value is -3.42. The largest absolute Gasteiger partial charge is 0.493 e. The fraction of sp³-hybridized carbons (Fsp3) is 0.391. The van der Waals surface area contributed by atoms with E-state index in [1.807, 2.05) is 6.07 Å². The molecule has 1 saturated heterocycles. The summed E-state index contributed by atoms with van der Waals surface area (Å²) in [6.07, 6.45) is 2.99. The molecule has 8 heteroatoms. The number of carbonyl (C=O) groups is 2. The van der Waals surface area contributed by atoms with Crippen LogP contribution in [0.1, 0.15) is 35.2 Å². The lowest BCUT2D eigenvalue weighted by molar-refractivity contribution is -0.118. The summed E-state index contributed by atoms with van der Waals surface area (Å²) >= 11 is 0. The van der Waals surface area contributed by atoms with Crippen LogP contribution >= 0.6 is 0 Å². The monoisotopic (exact) mass is 425 g/mol. The molecule has 2 aromatic rings. The van der Waals surface area contributed by atoms with Gasteiger partial charge in [-0.15, -0.1) is 0 Å². The molecule has 0 aromatic heterocycles. The zero-order valence-electron chi connectivity index (χ0n) is 18.0. The van der Waals surface area contributed by atoms with Crippen molar-refractivity contribution in [3.05, 3.63) is 41.5 Å². The predicted octanol–water partition coefficient (Wildman–Crippen LogP) is 2.95. The maximum absolute atomic E-state index is 12.8. The number of anilines is 2. The number of rotatable bonds is 6. The Labute approximate surface area is 181 Å². The molecule has 31 heavy (non-hydrogen) atoms. The third-order valence-corrected chi connectivity index (χ3v) is 5.81. The van der Waals surface area contributed by atoms with Gasteiger partial charge in [0, 0.05) is 18.7 Å². The molecule has 0 aliphatic carbocycles. The van der Waals surface area contributed by atoms with E-state index in [9.17, 15) is 9.59 Å². The van der Waals surface area contributed by atoms with E-state index in [0.29, 0.717) is 28.5 Å². The zero-order chi connectivity index (χ0) is 22.0. The molecule has 2 heterocycles. The van der Waals surface area contributed by atoms with Crippen LogP contribution in [0.5, 0.6) is 17.2 Å². The minimum atomic E-state index is -0.230. The van der Waals surface area contributed by atoms with Gasteiger partial charge in [-0.25, -0.2) is 0 Å². The highest BCUT2D eigenvalue weighted by molar-refractivity contribution is 6.05. The number of fused-ring (bicyclic) bond motifs is 3. The molecule has 2 N–H and O–H groups in total. The highest BCUT2D eigenvalue weighted by Crippen LogP contribution is 2.38. The first kappa shape index (κ1) is 20.8. The van der Waals surface area contributed by atoms with Crippen molar-refractivity contribution in [2.24, 2.45) is 0 Å². The van der Waals surface area contributed by atoms with Crippen LogP contribution in [0.15, 0.2) is 30.3 Å². The van der Waals surface area contributed by atoms with Crippen molar-refractivity contribution < 1.29 is 23.8 Å². The van der Waals surface area contributed by atoms with Gasteiger partial charge in [-0.2, -0.15) is 0 Å². The average molecular weight is 425 g/mol. The van der Waals surface area contributed by atoms with E-state index >= 15 is 0 Å². The smallest absolute Gasteiger partial charge is 0.251 e. The third kappa shape index (κ3) is 3.97. The minimum Gasteiger partial charge on any atom is -0.493 e. The molecule has 0 saturated carbocycles. The molecule has 0 radical (unpaired) electrons. The molecule has 8 nitrogen and oxygen atoms in total. The van der Waals surface area contributed by atoms with Crippen molar-refractivity contribution in [3.8, 4) is 17.2 Å². The fourth-order valence-corrected chi connectivity index (χ4v) is 4.26. The molecular formula is C23H27N3O5. The summed E-state index contributed by atoms with van der Waals surface area (Å²) in [5, 5.41) is 5.88. The highest BCUT2D eigenvalue weighted by atomic mass is 16.5. The lowest BCUT2D eigenvalue weighted by atomic mass is 9.97. The summed E-state index contributed by atoms with van der Waals surface area (Å²) in [5.41, 5.74) is 2.96. The summed E-state index contributed by atoms with van der Waals surface area (Å²) in [5.74, 6) is 1.33. The number of hydrogen-bond donors (Lipinski definition) is 2. The van der Waals surface area contributed by atoms with Gasteiger partial charge in [-0.05, 0) is 55.2 Å². The zero-order valence-corrected chi connectivity index (χ0v) is 18.0. The van der Waals surface area contributed by atoms with E-state index in [1.54, 1.807) is 45.6 Å². The number of nitrogens with one attached hydrogen (secondary N) is 2. The van der Waals surface area contributed by atoms with E-state index in [-0.39, 0.29) is 24.4 Å². The van der Waals surface area contributed by atoms with Crippen LogP contribution in [0.3, 0.4) is 0 Å². The van der Waals surface area contributed by atoms with Crippen LogP contribution in [0.4, 0.5) is 11.4 Å². The second kappa shape index (κ2) is 8.75. The van der Waals surface area contributed by atoms with Crippen molar-refractivity contribution in [1.29, 1.82) is 0 Å². The quantitative estimate of drug-likeness (QED) is 0.740. The minimum absolute atomic E-state index is 0.00202. The fourth-order valence-electron chi connectivity index (χ4n) is 4.26. The molecule has 2 aliphatic heterocycles. The first-order valence-electron chi connectivity index (χ1n) is 10.3. The van der Waals surface area contributed by atoms with Gasteiger partial charge in [0.1, 0.15) is 6.04 Å². The van der Waals surface area contributed by atoms with E-state index in [1.165, 1.54) is 0 Å². The molecule has 1 atom stereocenters. The molecule has 0 bridgehead atoms. The van der Waals surface area contributed by atoms with Crippen molar-refractivity contribution in [2.45, 2.75) is 31.8 Å². The van der Waals surface area contributed by atoms with E-state index in [0.717, 1.165) is 37.1 Å². The summed E-state index contributed by atoms with van der Waals surface area (Å²) in [4.78, 5) is 27.4. The first-order valence-corrected chi connectivity index (χ1v) is 10.3. The second-order valence-electron chi connectivity index (χ2n) is 7.64. The van der Waals surface area contributed by atoms with Crippen molar-refractivity contribution in [1.82, 2.24) is 5.32 Å². The Balaban J connectivity index is 1.50. The Morgan fingerprint density at radius 1 is 1.10 bits per heavy atom. The van der Waals surface area contributed by atoms with Crippen molar-refractivity contribution in [3.63, 3.8) is 0 Å². The molecular weight excluding hydrogens is 398 g/mol. The number of hydrogen-bond acceptors (Lipinski definition) is 6. The van der Waals surface area contributed by atoms with Crippen LogP contribution in [0.2, 0.25) is 0 Å². The van der Waals surface area contributed by atoms with Gasteiger partial charge >= 0.3 is 0 Å². The van der Waals surface area contributed by atoms with Gasteiger partial charge in [-0.1, -0.05) is 0 Å². The van der Waals surface area contributed by atoms with E-state index in [2.05, 4.69) is 15.5 Å². The maximum Gasteiger partial charge on any atom is 0.251 e. The Morgan fingerprint density at radius 2 is 1.84 bits per heavy atom. The molecule has 0 spiro atoms. The Kier molecular flexibility index (Phi) is 5.88. The molecule has 1 fully saturated rings. The molecule has 2 amide bonds. The lowest BCUT2D eigenvalue weighted by Crippen LogP contribution is -2.50. The second-order valence-corrected chi connectivity index (χ2v) is 7.64. The molecule has 0 unspecified atom stereocenters. The SMILES string of the molecule is COc1cc(CNC(=O)c2ccc3c(c2)NC(=O)[C@@H]2CCCCN32)cc(OC)c1OC. The maximum atomic E-state index is 12.8. The molecule has 2 aliphatic rings. The van der Waals surface area contributed by atoms with Crippen molar-refractivity contribution in [2.75, 3.05) is 38.1 Å². The standard InChI is InChI=1S/C23H27N3O5/c1-29-19-10-14(11-20(30-2)21(19)31-3)13-24-22(27)15-7-8-17-16(12-15)25-23(28)18-6-4-5-9-26(17)18/h7-8,10-12,18H,4-6,9,13H2,1-3H3,(H,24,27)(H,25,28)/t18-/m0/s1. The Bertz CT molecular complexity index is 982. The van der Waals surface area contributed by atoms with Crippen molar-refractivity contribution >= 4 is 23.2 Å². The van der Waals surface area contributed by atoms with Gasteiger partial charge in [0.2, 0.25) is 11.7 Å². The molecule has 164 valence electrons. The van der Waals surface area contributed by atoms with Gasteiger partial charge in [-0.3, -0.25) is 9.59 Å². The highest BCUT2D eigenvalue weighted by Gasteiger charge is 2.34. The summed E-state index contributed by atoms with van der Waals surface area (Å²) in [6.45, 7) is 1.14. The van der Waals surface area contributed by atoms with Crippen LogP contribution in [-0.4, -0.2) is 45.7 Å². The number of ether oxygens (including phenoxy) is 3. The lowest BCUT2D eigenvalue weighted by Gasteiger charge is -2.41. The average Bonchev–Trinajstić information content (AvgIpc) is 2.81. The van der Waals surface area contributed by atoms with Crippen LogP contribution in [0, 0.1) is 0 Å². The number of piperidine rings is 1. The van der Waals surface area contributed by atoms with Crippen LogP contribution < -0.4 is 29.7 Å². The molecule has 2 aromatic carbocycles. The van der Waals surface area contributed by atoms with Gasteiger partial charge < -0.3 is 29.7 Å². The normalized spacial score (nSPS) is 17.2. The predicted molar refractivity (Wildman–Crippen MR) is 117 cm³/mol. The summed E-state index contributed by atoms with van der Waals surface area (Å²) < 4.78 is 16.1. The number of methoxy groups -OCH3 is 3. The summed E-state index contributed by atoms with van der Waals surface area (Å²) in [6, 6.07) is 8.94. The first-order chi connectivity index (χ1) is 15.0. The van der Waals surface area contributed by atoms with Gasteiger partial charge in [0.25, 0.3) is 5.91 Å². The molecule has 4 rings (SSSR count). The van der Waals surface area contributed by atoms with Crippen LogP contribution in [0.25, 0.3) is 0 Å². The van der Waals surface area contributed by atoms with E-state index in [4.69, 9.17) is 14.2 Å². The Morgan fingerprint density at radius 3 is 2.52 bits per heavy atom. The van der Waals surface area contributed by atoms with Gasteiger partial charge in [0.15, 0.2) is 11.5 Å². The number of benzene rings is 2. The van der Waals surface area contributed by atoms with Crippen LogP contribution in [-0.2, 0) is 11.3 Å². The van der Waals surface area contributed by atoms with E-state index < -0.39 is 0 Å². The van der Waals surface area contributed by atoms with Gasteiger partial charge in [0.05, 0.1) is 32.7 Å². The number of carbonyl (C=O) groups excluding carboxylic acids is 2. The third-order valence-electron chi connectivity index (χ3n) is 5.81. The number of nitrogens with zero attached hydrogens (tertiary/aromatic N) is 1. The topological polar surface area (TPSA) is 89.1 Å². The summed E-state index contributed by atoms with van der Waals surface area (Å²) in [7, 11) is 4.64.